The van der Waals surface area contributed by atoms with Crippen LogP contribution in [0.15, 0.2) is 30.6 Å². The minimum atomic E-state index is -0.0586. The third kappa shape index (κ3) is 2.67. The number of amides is 1. The molecule has 0 saturated carbocycles. The number of hydrogen-bond donors (Lipinski definition) is 1. The van der Waals surface area contributed by atoms with E-state index in [0.29, 0.717) is 18.5 Å². The standard InChI is InChI=1S/C13H13N5OS/c1-9-3-2-4-10(7-9)12(19)14-6-5-11-17-18-8-15-16-13(18)20-11/h2-4,7-8H,5-6H2,1H3,(H,14,19). The fraction of sp³-hybridized carbons (Fsp3) is 0.231. The zero-order valence-electron chi connectivity index (χ0n) is 10.9. The predicted octanol–water partition coefficient (Wildman–Crippen LogP) is 1.47. The Bertz CT molecular complexity index is 719. The maximum Gasteiger partial charge on any atom is 0.251 e. The summed E-state index contributed by atoms with van der Waals surface area (Å²) in [5.74, 6) is -0.0586. The van der Waals surface area contributed by atoms with E-state index in [1.54, 1.807) is 10.8 Å². The quantitative estimate of drug-likeness (QED) is 0.788. The number of aryl methyl sites for hydroxylation is 1. The number of nitrogens with zero attached hydrogens (tertiary/aromatic N) is 4. The van der Waals surface area contributed by atoms with Gasteiger partial charge in [-0.2, -0.15) is 9.61 Å². The molecule has 6 nitrogen and oxygen atoms in total. The summed E-state index contributed by atoms with van der Waals surface area (Å²) in [5.41, 5.74) is 1.76. The number of carbonyl (C=O) groups is 1. The second kappa shape index (κ2) is 5.38. The Morgan fingerprint density at radius 3 is 3.15 bits per heavy atom. The first kappa shape index (κ1) is 12.7. The lowest BCUT2D eigenvalue weighted by molar-refractivity contribution is 0.0954. The van der Waals surface area contributed by atoms with Crippen molar-refractivity contribution in [1.82, 2.24) is 25.1 Å². The second-order valence-corrected chi connectivity index (χ2v) is 5.47. The van der Waals surface area contributed by atoms with Crippen molar-refractivity contribution in [3.63, 3.8) is 0 Å². The summed E-state index contributed by atoms with van der Waals surface area (Å²) in [7, 11) is 0. The van der Waals surface area contributed by atoms with E-state index in [2.05, 4.69) is 20.6 Å². The van der Waals surface area contributed by atoms with Gasteiger partial charge in [0, 0.05) is 18.5 Å². The molecule has 0 aliphatic rings. The molecular formula is C13H13N5OS. The van der Waals surface area contributed by atoms with Crippen LogP contribution in [0.5, 0.6) is 0 Å². The van der Waals surface area contributed by atoms with Gasteiger partial charge in [-0.05, 0) is 19.1 Å². The van der Waals surface area contributed by atoms with Crippen molar-refractivity contribution in [2.45, 2.75) is 13.3 Å². The molecule has 0 unspecified atom stereocenters. The van der Waals surface area contributed by atoms with Gasteiger partial charge in [-0.25, -0.2) is 0 Å². The zero-order chi connectivity index (χ0) is 13.9. The van der Waals surface area contributed by atoms with Crippen LogP contribution in [0, 0.1) is 6.92 Å². The van der Waals surface area contributed by atoms with Gasteiger partial charge < -0.3 is 5.32 Å². The molecule has 3 aromatic rings. The molecule has 102 valence electrons. The van der Waals surface area contributed by atoms with Gasteiger partial charge in [0.1, 0.15) is 11.3 Å². The molecule has 2 heterocycles. The van der Waals surface area contributed by atoms with Crippen LogP contribution in [0.4, 0.5) is 0 Å². The van der Waals surface area contributed by atoms with E-state index in [1.165, 1.54) is 11.3 Å². The van der Waals surface area contributed by atoms with E-state index in [9.17, 15) is 4.79 Å². The fourth-order valence-electron chi connectivity index (χ4n) is 1.87. The van der Waals surface area contributed by atoms with Crippen LogP contribution in [0.25, 0.3) is 4.96 Å². The van der Waals surface area contributed by atoms with E-state index in [1.807, 2.05) is 31.2 Å². The van der Waals surface area contributed by atoms with E-state index in [4.69, 9.17) is 0 Å². The Hall–Kier alpha value is -2.28. The fourth-order valence-corrected chi connectivity index (χ4v) is 2.69. The molecule has 0 radical (unpaired) electrons. The van der Waals surface area contributed by atoms with Crippen LogP contribution < -0.4 is 5.32 Å². The van der Waals surface area contributed by atoms with Crippen molar-refractivity contribution >= 4 is 22.2 Å². The van der Waals surface area contributed by atoms with Gasteiger partial charge in [0.05, 0.1) is 0 Å². The Balaban J connectivity index is 1.57. The summed E-state index contributed by atoms with van der Waals surface area (Å²) in [6, 6.07) is 7.53. The molecule has 2 aromatic heterocycles. The number of carbonyl (C=O) groups excluding carboxylic acids is 1. The SMILES string of the molecule is Cc1cccc(C(=O)NCCc2nn3cnnc3s2)c1. The molecule has 0 aliphatic carbocycles. The first-order valence-electron chi connectivity index (χ1n) is 6.23. The number of benzene rings is 1. The maximum absolute atomic E-state index is 12.0. The Morgan fingerprint density at radius 1 is 1.45 bits per heavy atom. The van der Waals surface area contributed by atoms with Crippen LogP contribution in [-0.4, -0.2) is 32.3 Å². The summed E-state index contributed by atoms with van der Waals surface area (Å²) in [6.45, 7) is 2.52. The average molecular weight is 287 g/mol. The molecule has 20 heavy (non-hydrogen) atoms. The number of hydrogen-bond acceptors (Lipinski definition) is 5. The smallest absolute Gasteiger partial charge is 0.251 e. The lowest BCUT2D eigenvalue weighted by Gasteiger charge is -2.04. The second-order valence-electron chi connectivity index (χ2n) is 4.43. The lowest BCUT2D eigenvalue weighted by atomic mass is 10.1. The lowest BCUT2D eigenvalue weighted by Crippen LogP contribution is -2.25. The molecule has 0 bridgehead atoms. The molecular weight excluding hydrogens is 274 g/mol. The van der Waals surface area contributed by atoms with Crippen molar-refractivity contribution in [3.8, 4) is 0 Å². The topological polar surface area (TPSA) is 72.2 Å². The first-order chi connectivity index (χ1) is 9.72. The molecule has 0 atom stereocenters. The molecule has 1 amide bonds. The van der Waals surface area contributed by atoms with E-state index < -0.39 is 0 Å². The third-order valence-corrected chi connectivity index (χ3v) is 3.81. The van der Waals surface area contributed by atoms with E-state index >= 15 is 0 Å². The van der Waals surface area contributed by atoms with Crippen molar-refractivity contribution in [1.29, 1.82) is 0 Å². The van der Waals surface area contributed by atoms with Gasteiger partial charge in [-0.15, -0.1) is 10.2 Å². The number of aromatic nitrogens is 4. The molecule has 7 heteroatoms. The number of rotatable bonds is 4. The summed E-state index contributed by atoms with van der Waals surface area (Å²) in [4.78, 5) is 12.7. The number of nitrogens with one attached hydrogen (secondary N) is 1. The van der Waals surface area contributed by atoms with Crippen LogP contribution in [0.1, 0.15) is 20.9 Å². The Morgan fingerprint density at radius 2 is 2.35 bits per heavy atom. The zero-order valence-corrected chi connectivity index (χ0v) is 11.7. The first-order valence-corrected chi connectivity index (χ1v) is 7.04. The van der Waals surface area contributed by atoms with Crippen LogP contribution in [0.3, 0.4) is 0 Å². The van der Waals surface area contributed by atoms with Gasteiger partial charge >= 0.3 is 0 Å². The minimum absolute atomic E-state index is 0.0586. The molecule has 3 rings (SSSR count). The normalized spacial score (nSPS) is 10.8. The van der Waals surface area contributed by atoms with Gasteiger partial charge in [0.15, 0.2) is 0 Å². The van der Waals surface area contributed by atoms with Gasteiger partial charge in [-0.1, -0.05) is 29.0 Å². The van der Waals surface area contributed by atoms with Crippen LogP contribution in [-0.2, 0) is 6.42 Å². The molecule has 0 fully saturated rings. The molecule has 0 spiro atoms. The third-order valence-electron chi connectivity index (χ3n) is 2.83. The summed E-state index contributed by atoms with van der Waals surface area (Å²) in [5, 5.41) is 15.8. The Labute approximate surface area is 119 Å². The summed E-state index contributed by atoms with van der Waals surface area (Å²) in [6.07, 6.45) is 2.26. The van der Waals surface area contributed by atoms with Gasteiger partial charge in [0.2, 0.25) is 4.96 Å². The highest BCUT2D eigenvalue weighted by atomic mass is 32.1. The molecule has 0 saturated heterocycles. The predicted molar refractivity (Wildman–Crippen MR) is 75.9 cm³/mol. The van der Waals surface area contributed by atoms with E-state index in [0.717, 1.165) is 15.5 Å². The maximum atomic E-state index is 12.0. The summed E-state index contributed by atoms with van der Waals surface area (Å²) < 4.78 is 1.64. The van der Waals surface area contributed by atoms with Crippen molar-refractivity contribution in [2.75, 3.05) is 6.54 Å². The van der Waals surface area contributed by atoms with Crippen molar-refractivity contribution in [3.05, 3.63) is 46.7 Å². The van der Waals surface area contributed by atoms with Crippen molar-refractivity contribution in [2.24, 2.45) is 0 Å². The largest absolute Gasteiger partial charge is 0.352 e. The number of fused-ring (bicyclic) bond motifs is 1. The Kier molecular flexibility index (Phi) is 3.42. The highest BCUT2D eigenvalue weighted by Gasteiger charge is 2.07. The average Bonchev–Trinajstić information content (AvgIpc) is 2.99. The molecule has 1 N–H and O–H groups in total. The minimum Gasteiger partial charge on any atom is -0.352 e. The van der Waals surface area contributed by atoms with Crippen molar-refractivity contribution < 1.29 is 4.79 Å². The molecule has 0 aliphatic heterocycles. The highest BCUT2D eigenvalue weighted by molar-refractivity contribution is 7.16. The monoisotopic (exact) mass is 287 g/mol. The van der Waals surface area contributed by atoms with Gasteiger partial charge in [0.25, 0.3) is 5.91 Å². The van der Waals surface area contributed by atoms with Gasteiger partial charge in [-0.3, -0.25) is 4.79 Å². The highest BCUT2D eigenvalue weighted by Crippen LogP contribution is 2.11. The van der Waals surface area contributed by atoms with E-state index in [-0.39, 0.29) is 5.91 Å². The molecule has 1 aromatic carbocycles. The van der Waals surface area contributed by atoms with Crippen LogP contribution >= 0.6 is 11.3 Å². The summed E-state index contributed by atoms with van der Waals surface area (Å²) >= 11 is 1.48. The van der Waals surface area contributed by atoms with Crippen LogP contribution in [0.2, 0.25) is 0 Å².